The fraction of sp³-hybridized carbons (Fsp3) is 0.412. The molecule has 1 N–H and O–H groups in total. The molecule has 1 aromatic heterocycles. The fourth-order valence-electron chi connectivity index (χ4n) is 2.67. The van der Waals surface area contributed by atoms with Crippen LogP contribution in [0, 0.1) is 26.7 Å². The predicted molar refractivity (Wildman–Crippen MR) is 87.3 cm³/mol. The number of hydrogen-bond acceptors (Lipinski definition) is 3. The van der Waals surface area contributed by atoms with Gasteiger partial charge in [0, 0.05) is 5.56 Å². The third kappa shape index (κ3) is 3.32. The SMILES string of the molecule is Cc1cc(C)c(-c2nc(CC(C)C)c(C(=O)O)s2)c(C)c1. The monoisotopic (exact) mass is 303 g/mol. The highest BCUT2D eigenvalue weighted by atomic mass is 32.1. The minimum Gasteiger partial charge on any atom is -0.477 e. The molecule has 0 spiro atoms. The van der Waals surface area contributed by atoms with Gasteiger partial charge in [-0.1, -0.05) is 31.5 Å². The Morgan fingerprint density at radius 1 is 1.24 bits per heavy atom. The third-order valence-electron chi connectivity index (χ3n) is 3.38. The van der Waals surface area contributed by atoms with Crippen molar-refractivity contribution < 1.29 is 9.90 Å². The number of aromatic nitrogens is 1. The molecule has 21 heavy (non-hydrogen) atoms. The van der Waals surface area contributed by atoms with Crippen LogP contribution in [0.2, 0.25) is 0 Å². The number of aromatic carboxylic acids is 1. The quantitative estimate of drug-likeness (QED) is 0.895. The summed E-state index contributed by atoms with van der Waals surface area (Å²) in [5.41, 5.74) is 5.29. The van der Waals surface area contributed by atoms with Crippen molar-refractivity contribution in [3.05, 3.63) is 39.4 Å². The van der Waals surface area contributed by atoms with Gasteiger partial charge in [0.1, 0.15) is 9.88 Å². The van der Waals surface area contributed by atoms with Crippen molar-refractivity contribution in [3.63, 3.8) is 0 Å². The van der Waals surface area contributed by atoms with E-state index in [1.807, 2.05) is 0 Å². The zero-order valence-electron chi connectivity index (χ0n) is 13.2. The molecular formula is C17H21NO2S. The Morgan fingerprint density at radius 2 is 1.81 bits per heavy atom. The number of hydrogen-bond donors (Lipinski definition) is 1. The number of aryl methyl sites for hydroxylation is 3. The number of rotatable bonds is 4. The van der Waals surface area contributed by atoms with Gasteiger partial charge in [-0.15, -0.1) is 11.3 Å². The summed E-state index contributed by atoms with van der Waals surface area (Å²) in [6.07, 6.45) is 0.697. The van der Waals surface area contributed by atoms with E-state index in [4.69, 9.17) is 0 Å². The second-order valence-electron chi connectivity index (χ2n) is 5.97. The van der Waals surface area contributed by atoms with E-state index in [0.29, 0.717) is 22.9 Å². The molecule has 0 amide bonds. The Labute approximate surface area is 129 Å². The third-order valence-corrected chi connectivity index (χ3v) is 4.49. The second kappa shape index (κ2) is 5.98. The number of carbonyl (C=O) groups is 1. The molecular weight excluding hydrogens is 282 g/mol. The Balaban J connectivity index is 2.58. The lowest BCUT2D eigenvalue weighted by Crippen LogP contribution is -2.02. The lowest BCUT2D eigenvalue weighted by molar-refractivity contribution is 0.0700. The van der Waals surface area contributed by atoms with Gasteiger partial charge in [-0.2, -0.15) is 0 Å². The summed E-state index contributed by atoms with van der Waals surface area (Å²) in [5, 5.41) is 10.2. The summed E-state index contributed by atoms with van der Waals surface area (Å²) in [4.78, 5) is 16.4. The van der Waals surface area contributed by atoms with Gasteiger partial charge in [-0.05, 0) is 44.2 Å². The van der Waals surface area contributed by atoms with Gasteiger partial charge < -0.3 is 5.11 Å². The van der Waals surface area contributed by atoms with Crippen LogP contribution < -0.4 is 0 Å². The maximum absolute atomic E-state index is 11.4. The van der Waals surface area contributed by atoms with E-state index in [9.17, 15) is 9.90 Å². The first-order valence-corrected chi connectivity index (χ1v) is 7.92. The summed E-state index contributed by atoms with van der Waals surface area (Å²) in [7, 11) is 0. The molecule has 0 atom stereocenters. The molecule has 0 saturated carbocycles. The van der Waals surface area contributed by atoms with Crippen molar-refractivity contribution in [2.75, 3.05) is 0 Å². The van der Waals surface area contributed by atoms with Gasteiger partial charge in [0.05, 0.1) is 5.69 Å². The van der Waals surface area contributed by atoms with E-state index in [1.54, 1.807) is 0 Å². The average molecular weight is 303 g/mol. The van der Waals surface area contributed by atoms with Crippen LogP contribution >= 0.6 is 11.3 Å². The minimum absolute atomic E-state index is 0.373. The normalized spacial score (nSPS) is 11.1. The summed E-state index contributed by atoms with van der Waals surface area (Å²) in [5.74, 6) is -0.491. The Kier molecular flexibility index (Phi) is 4.47. The topological polar surface area (TPSA) is 50.2 Å². The largest absolute Gasteiger partial charge is 0.477 e. The first-order chi connectivity index (χ1) is 9.79. The van der Waals surface area contributed by atoms with Crippen molar-refractivity contribution in [2.24, 2.45) is 5.92 Å². The maximum atomic E-state index is 11.4. The number of benzene rings is 1. The molecule has 0 saturated heterocycles. The molecule has 112 valence electrons. The average Bonchev–Trinajstić information content (AvgIpc) is 2.70. The van der Waals surface area contributed by atoms with Crippen molar-refractivity contribution in [3.8, 4) is 10.6 Å². The van der Waals surface area contributed by atoms with Gasteiger partial charge >= 0.3 is 5.97 Å². The number of nitrogens with zero attached hydrogens (tertiary/aromatic N) is 1. The molecule has 2 rings (SSSR count). The van der Waals surface area contributed by atoms with E-state index >= 15 is 0 Å². The molecule has 0 aliphatic carbocycles. The first-order valence-electron chi connectivity index (χ1n) is 7.10. The van der Waals surface area contributed by atoms with Crippen LogP contribution in [-0.4, -0.2) is 16.1 Å². The standard InChI is InChI=1S/C17H21NO2S/c1-9(2)6-13-15(17(19)20)21-16(18-13)14-11(4)7-10(3)8-12(14)5/h7-9H,6H2,1-5H3,(H,19,20). The van der Waals surface area contributed by atoms with Crippen LogP contribution in [0.15, 0.2) is 12.1 Å². The fourth-order valence-corrected chi connectivity index (χ4v) is 3.78. The zero-order chi connectivity index (χ0) is 15.7. The summed E-state index contributed by atoms with van der Waals surface area (Å²) in [6, 6.07) is 4.23. The minimum atomic E-state index is -0.878. The van der Waals surface area contributed by atoms with Gasteiger partial charge in [0.2, 0.25) is 0 Å². The molecule has 0 fully saturated rings. The van der Waals surface area contributed by atoms with Gasteiger partial charge in [0.25, 0.3) is 0 Å². The van der Waals surface area contributed by atoms with E-state index in [1.165, 1.54) is 16.9 Å². The molecule has 2 aromatic rings. The summed E-state index contributed by atoms with van der Waals surface area (Å²) in [6.45, 7) is 10.3. The van der Waals surface area contributed by atoms with Crippen LogP contribution in [0.5, 0.6) is 0 Å². The zero-order valence-corrected chi connectivity index (χ0v) is 14.0. The molecule has 0 aliphatic rings. The maximum Gasteiger partial charge on any atom is 0.347 e. The molecule has 0 aliphatic heterocycles. The van der Waals surface area contributed by atoms with Crippen LogP contribution in [-0.2, 0) is 6.42 Å². The van der Waals surface area contributed by atoms with E-state index < -0.39 is 5.97 Å². The van der Waals surface area contributed by atoms with Crippen LogP contribution in [0.25, 0.3) is 10.6 Å². The first kappa shape index (κ1) is 15.7. The second-order valence-corrected chi connectivity index (χ2v) is 6.97. The molecule has 0 unspecified atom stereocenters. The number of carboxylic acids is 1. The van der Waals surface area contributed by atoms with Crippen molar-refractivity contribution in [2.45, 2.75) is 41.0 Å². The van der Waals surface area contributed by atoms with Crippen LogP contribution in [0.4, 0.5) is 0 Å². The summed E-state index contributed by atoms with van der Waals surface area (Å²) < 4.78 is 0. The highest BCUT2D eigenvalue weighted by Gasteiger charge is 2.20. The van der Waals surface area contributed by atoms with Gasteiger partial charge in [-0.3, -0.25) is 0 Å². The van der Waals surface area contributed by atoms with E-state index in [2.05, 4.69) is 51.7 Å². The van der Waals surface area contributed by atoms with Crippen molar-refractivity contribution in [1.29, 1.82) is 0 Å². The number of carboxylic acid groups (broad SMARTS) is 1. The molecule has 4 heteroatoms. The van der Waals surface area contributed by atoms with Crippen molar-refractivity contribution in [1.82, 2.24) is 4.98 Å². The van der Waals surface area contributed by atoms with Crippen LogP contribution in [0.3, 0.4) is 0 Å². The Hall–Kier alpha value is -1.68. The smallest absolute Gasteiger partial charge is 0.347 e. The molecule has 1 heterocycles. The highest BCUT2D eigenvalue weighted by Crippen LogP contribution is 2.34. The lowest BCUT2D eigenvalue weighted by atomic mass is 10.0. The molecule has 1 aromatic carbocycles. The lowest BCUT2D eigenvalue weighted by Gasteiger charge is -2.08. The molecule has 0 bridgehead atoms. The summed E-state index contributed by atoms with van der Waals surface area (Å²) >= 11 is 1.29. The molecule has 0 radical (unpaired) electrons. The predicted octanol–water partition coefficient (Wildman–Crippen LogP) is 4.63. The van der Waals surface area contributed by atoms with Crippen molar-refractivity contribution >= 4 is 17.3 Å². The van der Waals surface area contributed by atoms with Gasteiger partial charge in [0.15, 0.2) is 0 Å². The molecule has 3 nitrogen and oxygen atoms in total. The highest BCUT2D eigenvalue weighted by molar-refractivity contribution is 7.17. The van der Waals surface area contributed by atoms with Gasteiger partial charge in [-0.25, -0.2) is 9.78 Å². The van der Waals surface area contributed by atoms with E-state index in [0.717, 1.165) is 21.7 Å². The van der Waals surface area contributed by atoms with Crippen LogP contribution in [0.1, 0.15) is 45.9 Å². The van der Waals surface area contributed by atoms with E-state index in [-0.39, 0.29) is 0 Å². The Morgan fingerprint density at radius 3 is 2.29 bits per heavy atom. The Bertz CT molecular complexity index is 663. The number of thiazole rings is 1.